The van der Waals surface area contributed by atoms with Gasteiger partial charge in [-0.1, -0.05) is 6.92 Å². The van der Waals surface area contributed by atoms with Gasteiger partial charge in [-0.3, -0.25) is 4.90 Å². The molecule has 0 spiro atoms. The predicted octanol–water partition coefficient (Wildman–Crippen LogP) is 2.35. The highest BCUT2D eigenvalue weighted by atomic mass is 35.5. The van der Waals surface area contributed by atoms with Crippen LogP contribution in [0, 0.1) is 5.92 Å². The minimum Gasteiger partial charge on any atom is -0.299 e. The van der Waals surface area contributed by atoms with Gasteiger partial charge in [-0.05, 0) is 32.2 Å². The summed E-state index contributed by atoms with van der Waals surface area (Å²) in [5.74, 6) is 1.63. The number of likely N-dealkylation sites (tertiary alicyclic amines) is 1. The number of rotatable bonds is 2. The van der Waals surface area contributed by atoms with E-state index in [2.05, 4.69) is 18.7 Å². The van der Waals surface area contributed by atoms with Crippen LogP contribution >= 0.6 is 11.6 Å². The first-order chi connectivity index (χ1) is 5.25. The van der Waals surface area contributed by atoms with Crippen LogP contribution in [0.2, 0.25) is 0 Å². The summed E-state index contributed by atoms with van der Waals surface area (Å²) in [6, 6.07) is 0.738. The Morgan fingerprint density at radius 2 is 2.18 bits per heavy atom. The number of hydrogen-bond donors (Lipinski definition) is 0. The van der Waals surface area contributed by atoms with E-state index in [9.17, 15) is 0 Å². The van der Waals surface area contributed by atoms with Crippen LogP contribution in [-0.2, 0) is 0 Å². The van der Waals surface area contributed by atoms with Gasteiger partial charge in [0.15, 0.2) is 0 Å². The zero-order chi connectivity index (χ0) is 8.27. The maximum atomic E-state index is 5.71. The average Bonchev–Trinajstić information content (AvgIpc) is 1.99. The van der Waals surface area contributed by atoms with Crippen molar-refractivity contribution in [2.75, 3.05) is 19.0 Å². The highest BCUT2D eigenvalue weighted by molar-refractivity contribution is 6.18. The molecule has 0 N–H and O–H groups in total. The van der Waals surface area contributed by atoms with Crippen LogP contribution in [0.3, 0.4) is 0 Å². The third-order valence-corrected chi connectivity index (χ3v) is 3.05. The first-order valence-electron chi connectivity index (χ1n) is 4.55. The van der Waals surface area contributed by atoms with Gasteiger partial charge in [0, 0.05) is 18.5 Å². The molecule has 2 heteroatoms. The maximum absolute atomic E-state index is 5.71. The molecule has 0 radical (unpaired) electrons. The Hall–Kier alpha value is 0.250. The van der Waals surface area contributed by atoms with Gasteiger partial charge in [0.1, 0.15) is 0 Å². The second kappa shape index (κ2) is 4.32. The van der Waals surface area contributed by atoms with E-state index in [1.165, 1.54) is 19.4 Å². The van der Waals surface area contributed by atoms with Crippen LogP contribution in [-0.4, -0.2) is 29.9 Å². The molecule has 1 aliphatic heterocycles. The van der Waals surface area contributed by atoms with E-state index in [0.717, 1.165) is 24.4 Å². The van der Waals surface area contributed by atoms with E-state index in [4.69, 9.17) is 11.6 Å². The van der Waals surface area contributed by atoms with Crippen LogP contribution < -0.4 is 0 Å². The zero-order valence-corrected chi connectivity index (χ0v) is 8.27. The van der Waals surface area contributed by atoms with Crippen molar-refractivity contribution in [3.8, 4) is 0 Å². The monoisotopic (exact) mass is 175 g/mol. The standard InChI is InChI=1S/C9H18ClN/c1-8-4-3-6-11(7-5-10)9(8)2/h8-9H,3-7H2,1-2H3. The van der Waals surface area contributed by atoms with E-state index >= 15 is 0 Å². The highest BCUT2D eigenvalue weighted by Gasteiger charge is 2.23. The van der Waals surface area contributed by atoms with Crippen molar-refractivity contribution < 1.29 is 0 Å². The first-order valence-corrected chi connectivity index (χ1v) is 5.09. The van der Waals surface area contributed by atoms with Crippen molar-refractivity contribution in [2.45, 2.75) is 32.7 Å². The smallest absolute Gasteiger partial charge is 0.0351 e. The molecule has 66 valence electrons. The number of nitrogens with zero attached hydrogens (tertiary/aromatic N) is 1. The molecule has 2 atom stereocenters. The van der Waals surface area contributed by atoms with Gasteiger partial charge in [0.05, 0.1) is 0 Å². The molecule has 0 aliphatic carbocycles. The summed E-state index contributed by atoms with van der Waals surface area (Å²) in [6.07, 6.45) is 2.74. The summed E-state index contributed by atoms with van der Waals surface area (Å²) in [7, 11) is 0. The van der Waals surface area contributed by atoms with E-state index in [1.54, 1.807) is 0 Å². The Bertz CT molecular complexity index is 114. The molecule has 0 aromatic heterocycles. The molecule has 0 amide bonds. The summed E-state index contributed by atoms with van der Waals surface area (Å²) in [5.41, 5.74) is 0. The fourth-order valence-corrected chi connectivity index (χ4v) is 2.06. The maximum Gasteiger partial charge on any atom is 0.0351 e. The van der Waals surface area contributed by atoms with Crippen molar-refractivity contribution in [3.63, 3.8) is 0 Å². The third kappa shape index (κ3) is 2.34. The minimum absolute atomic E-state index is 0.738. The molecule has 0 aromatic rings. The van der Waals surface area contributed by atoms with E-state index < -0.39 is 0 Å². The molecule has 1 nitrogen and oxygen atoms in total. The van der Waals surface area contributed by atoms with Crippen molar-refractivity contribution in [1.29, 1.82) is 0 Å². The van der Waals surface area contributed by atoms with Crippen LogP contribution in [0.5, 0.6) is 0 Å². The van der Waals surface area contributed by atoms with Crippen molar-refractivity contribution in [1.82, 2.24) is 4.90 Å². The SMILES string of the molecule is CC1CCCN(CCCl)C1C. The molecule has 0 bridgehead atoms. The van der Waals surface area contributed by atoms with Gasteiger partial charge in [-0.15, -0.1) is 11.6 Å². The first kappa shape index (κ1) is 9.34. The third-order valence-electron chi connectivity index (χ3n) is 2.88. The molecule has 1 aliphatic rings. The molecular formula is C9H18ClN. The lowest BCUT2D eigenvalue weighted by atomic mass is 9.92. The molecule has 1 rings (SSSR count). The highest BCUT2D eigenvalue weighted by Crippen LogP contribution is 2.22. The Labute approximate surface area is 74.7 Å². The Kier molecular flexibility index (Phi) is 3.67. The van der Waals surface area contributed by atoms with Crippen molar-refractivity contribution >= 4 is 11.6 Å². The van der Waals surface area contributed by atoms with Gasteiger partial charge in [-0.2, -0.15) is 0 Å². The van der Waals surface area contributed by atoms with Crippen molar-refractivity contribution in [2.24, 2.45) is 5.92 Å². The number of halogens is 1. The van der Waals surface area contributed by atoms with Gasteiger partial charge in [0.2, 0.25) is 0 Å². The summed E-state index contributed by atoms with van der Waals surface area (Å²) < 4.78 is 0. The topological polar surface area (TPSA) is 3.24 Å². The molecule has 1 fully saturated rings. The van der Waals surface area contributed by atoms with Crippen LogP contribution in [0.1, 0.15) is 26.7 Å². The summed E-state index contributed by atoms with van der Waals surface area (Å²) in [5, 5.41) is 0. The lowest BCUT2D eigenvalue weighted by Gasteiger charge is -2.37. The summed E-state index contributed by atoms with van der Waals surface area (Å²) >= 11 is 5.71. The second-order valence-corrected chi connectivity index (χ2v) is 3.96. The molecule has 11 heavy (non-hydrogen) atoms. The largest absolute Gasteiger partial charge is 0.299 e. The van der Waals surface area contributed by atoms with E-state index in [-0.39, 0.29) is 0 Å². The van der Waals surface area contributed by atoms with E-state index in [0.29, 0.717) is 0 Å². The fourth-order valence-electron chi connectivity index (χ4n) is 1.85. The Balaban J connectivity index is 2.38. The minimum atomic E-state index is 0.738. The second-order valence-electron chi connectivity index (χ2n) is 3.59. The number of piperidine rings is 1. The lowest BCUT2D eigenvalue weighted by molar-refractivity contribution is 0.121. The van der Waals surface area contributed by atoms with Gasteiger partial charge < -0.3 is 0 Å². The Morgan fingerprint density at radius 3 is 2.82 bits per heavy atom. The van der Waals surface area contributed by atoms with Crippen LogP contribution in [0.4, 0.5) is 0 Å². The van der Waals surface area contributed by atoms with Gasteiger partial charge in [-0.25, -0.2) is 0 Å². The summed E-state index contributed by atoms with van der Waals surface area (Å²) in [6.45, 7) is 6.97. The molecule has 0 aromatic carbocycles. The molecule has 0 saturated carbocycles. The molecular weight excluding hydrogens is 158 g/mol. The normalized spacial score (nSPS) is 34.1. The van der Waals surface area contributed by atoms with Crippen LogP contribution in [0.25, 0.3) is 0 Å². The molecule has 2 unspecified atom stereocenters. The van der Waals surface area contributed by atoms with Gasteiger partial charge in [0.25, 0.3) is 0 Å². The van der Waals surface area contributed by atoms with Crippen molar-refractivity contribution in [3.05, 3.63) is 0 Å². The molecule has 1 heterocycles. The average molecular weight is 176 g/mol. The lowest BCUT2D eigenvalue weighted by Crippen LogP contribution is -2.43. The fraction of sp³-hybridized carbons (Fsp3) is 1.00. The molecule has 1 saturated heterocycles. The zero-order valence-electron chi connectivity index (χ0n) is 7.52. The van der Waals surface area contributed by atoms with E-state index in [1.807, 2.05) is 0 Å². The summed E-state index contributed by atoms with van der Waals surface area (Å²) in [4.78, 5) is 2.50. The number of alkyl halides is 1. The predicted molar refractivity (Wildman–Crippen MR) is 50.2 cm³/mol. The Morgan fingerprint density at radius 1 is 1.45 bits per heavy atom. The van der Waals surface area contributed by atoms with Crippen LogP contribution in [0.15, 0.2) is 0 Å². The number of hydrogen-bond acceptors (Lipinski definition) is 1. The van der Waals surface area contributed by atoms with Gasteiger partial charge >= 0.3 is 0 Å². The quantitative estimate of drug-likeness (QED) is 0.583.